The molecule has 45 heavy (non-hydrogen) atoms. The van der Waals surface area contributed by atoms with E-state index in [-0.39, 0.29) is 58.1 Å². The Labute approximate surface area is 276 Å². The van der Waals surface area contributed by atoms with Gasteiger partial charge in [-0.2, -0.15) is 0 Å². The number of nitrogens with zero attached hydrogens (tertiary/aromatic N) is 1. The number of thiazole rings is 1. The number of para-hydroxylation sites is 1. The molecule has 8 rings (SSSR count). The average molecular weight is 679 g/mol. The highest BCUT2D eigenvalue weighted by atomic mass is 35.5. The minimum Gasteiger partial charge on any atom is -0.483 e. The first-order chi connectivity index (χ1) is 21.8. The van der Waals surface area contributed by atoms with Crippen LogP contribution in [-0.4, -0.2) is 34.6 Å². The second-order valence-corrected chi connectivity index (χ2v) is 14.9. The highest BCUT2D eigenvalue weighted by Crippen LogP contribution is 2.69. The van der Waals surface area contributed by atoms with Crippen LogP contribution < -0.4 is 19.8 Å². The molecular formula is C33H25Cl2N3O5S2. The van der Waals surface area contributed by atoms with E-state index in [0.717, 1.165) is 21.9 Å². The van der Waals surface area contributed by atoms with Gasteiger partial charge in [0.2, 0.25) is 11.8 Å². The van der Waals surface area contributed by atoms with Crippen molar-refractivity contribution in [1.82, 2.24) is 4.98 Å². The van der Waals surface area contributed by atoms with Gasteiger partial charge in [0.25, 0.3) is 5.91 Å². The Morgan fingerprint density at radius 1 is 0.911 bits per heavy atom. The molecule has 7 atom stereocenters. The summed E-state index contributed by atoms with van der Waals surface area (Å²) in [5.41, 5.74) is 2.00. The minimum absolute atomic E-state index is 0.00485. The lowest BCUT2D eigenvalue weighted by Gasteiger charge is -2.43. The van der Waals surface area contributed by atoms with E-state index in [0.29, 0.717) is 27.2 Å². The molecule has 2 bridgehead atoms. The van der Waals surface area contributed by atoms with Gasteiger partial charge in [-0.05, 0) is 78.8 Å². The molecule has 0 spiro atoms. The van der Waals surface area contributed by atoms with Crippen LogP contribution in [0.5, 0.6) is 5.75 Å². The van der Waals surface area contributed by atoms with Crippen molar-refractivity contribution in [3.05, 3.63) is 103 Å². The maximum atomic E-state index is 14.0. The third-order valence-electron chi connectivity index (χ3n) is 9.55. The smallest absolute Gasteiger partial charge is 0.305 e. The zero-order valence-electron chi connectivity index (χ0n) is 23.4. The second kappa shape index (κ2) is 11.0. The molecule has 2 saturated carbocycles. The van der Waals surface area contributed by atoms with Gasteiger partial charge in [0, 0.05) is 37.3 Å². The number of amides is 3. The Kier molecular flexibility index (Phi) is 7.09. The van der Waals surface area contributed by atoms with Gasteiger partial charge in [0.15, 0.2) is 6.61 Å². The predicted octanol–water partition coefficient (Wildman–Crippen LogP) is 6.44. The molecule has 0 radical (unpaired) electrons. The summed E-state index contributed by atoms with van der Waals surface area (Å²) < 4.78 is 6.14. The van der Waals surface area contributed by atoms with Crippen LogP contribution in [0.2, 0.25) is 10.0 Å². The lowest BCUT2D eigenvalue weighted by atomic mass is 9.68. The Morgan fingerprint density at radius 2 is 1.58 bits per heavy atom. The van der Waals surface area contributed by atoms with Crippen molar-refractivity contribution in [2.75, 3.05) is 16.8 Å². The van der Waals surface area contributed by atoms with E-state index in [9.17, 15) is 19.2 Å². The summed E-state index contributed by atoms with van der Waals surface area (Å²) in [6.07, 6.45) is 0.770. The molecule has 2 aliphatic heterocycles. The lowest BCUT2D eigenvalue weighted by Crippen LogP contribution is -2.42. The minimum atomic E-state index is -0.432. The highest BCUT2D eigenvalue weighted by Gasteiger charge is 2.69. The number of hydrogen-bond donors (Lipinski definition) is 2. The first-order valence-corrected chi connectivity index (χ1v) is 17.0. The Bertz CT molecular complexity index is 1910. The molecule has 1 saturated heterocycles. The van der Waals surface area contributed by atoms with Crippen LogP contribution in [0, 0.1) is 29.6 Å². The van der Waals surface area contributed by atoms with E-state index in [2.05, 4.69) is 10.3 Å². The van der Waals surface area contributed by atoms with Crippen molar-refractivity contribution in [2.45, 2.75) is 22.6 Å². The summed E-state index contributed by atoms with van der Waals surface area (Å²) in [6.45, 7) is -0.217. The number of rotatable bonds is 6. The van der Waals surface area contributed by atoms with E-state index in [1.807, 2.05) is 24.3 Å². The van der Waals surface area contributed by atoms with Crippen molar-refractivity contribution in [2.24, 2.45) is 29.6 Å². The number of carbonyl (C=O) groups excluding carboxylic acids is 3. The molecule has 2 aliphatic carbocycles. The molecule has 3 heterocycles. The Balaban J connectivity index is 1.12. The zero-order valence-corrected chi connectivity index (χ0v) is 26.6. The van der Waals surface area contributed by atoms with Crippen LogP contribution in [0.3, 0.4) is 0 Å². The van der Waals surface area contributed by atoms with Crippen molar-refractivity contribution in [3.63, 3.8) is 0 Å². The molecule has 6 unspecified atom stereocenters. The predicted molar refractivity (Wildman–Crippen MR) is 174 cm³/mol. The van der Waals surface area contributed by atoms with E-state index in [4.69, 9.17) is 27.9 Å². The number of carbonyl (C=O) groups is 3. The molecule has 4 aromatic rings. The summed E-state index contributed by atoms with van der Waals surface area (Å²) in [7, 11) is 0. The third-order valence-corrected chi connectivity index (χ3v) is 12.6. The molecule has 3 aromatic carbocycles. The number of halogens is 2. The monoisotopic (exact) mass is 677 g/mol. The van der Waals surface area contributed by atoms with E-state index < -0.39 is 11.8 Å². The Hall–Kier alpha value is -3.57. The van der Waals surface area contributed by atoms with Crippen LogP contribution in [0.1, 0.15) is 22.8 Å². The molecule has 3 amide bonds. The topological polar surface area (TPSA) is 109 Å². The maximum absolute atomic E-state index is 14.0. The Morgan fingerprint density at radius 3 is 2.31 bits per heavy atom. The normalized spacial score (nSPS) is 27.7. The molecule has 12 heteroatoms. The molecule has 8 nitrogen and oxygen atoms in total. The quantitative estimate of drug-likeness (QED) is 0.228. The van der Waals surface area contributed by atoms with Crippen LogP contribution in [-0.2, 0) is 14.4 Å². The van der Waals surface area contributed by atoms with Gasteiger partial charge < -0.3 is 15.0 Å². The van der Waals surface area contributed by atoms with E-state index >= 15 is 0 Å². The molecule has 3 fully saturated rings. The number of aromatic amines is 1. The zero-order chi connectivity index (χ0) is 31.0. The lowest BCUT2D eigenvalue weighted by molar-refractivity contribution is -0.123. The first kappa shape index (κ1) is 28.9. The average Bonchev–Trinajstić information content (AvgIpc) is 3.77. The molecule has 2 N–H and O–H groups in total. The molecular weight excluding hydrogens is 653 g/mol. The van der Waals surface area contributed by atoms with E-state index in [1.165, 1.54) is 16.2 Å². The van der Waals surface area contributed by atoms with E-state index in [1.54, 1.807) is 60.3 Å². The molecule has 228 valence electrons. The van der Waals surface area contributed by atoms with Crippen LogP contribution in [0.4, 0.5) is 11.4 Å². The summed E-state index contributed by atoms with van der Waals surface area (Å²) in [6, 6.07) is 21.2. The number of imide groups is 1. The number of thioether (sulfide) groups is 1. The molecule has 4 aliphatic rings. The number of ether oxygens (including phenoxy) is 1. The summed E-state index contributed by atoms with van der Waals surface area (Å²) >= 11 is 14.9. The largest absolute Gasteiger partial charge is 0.483 e. The summed E-state index contributed by atoms with van der Waals surface area (Å²) in [4.78, 5) is 58.4. The number of hydrogen-bond acceptors (Lipinski definition) is 7. The standard InChI is InChI=1S/C33H25Cl2N3O5S2/c34-15-5-9-17(10-6-15)36-23(39)14-43-22-4-2-1-3-19(22)24-25-20-13-21(28(25)44-30-29(24)45-33(42)37-30)27-26(20)31(40)38(32(27)41)18-11-7-16(35)8-12-18/h1-12,20-21,24-28H,13-14H2,(H,36,39)(H,37,42)/t20?,21?,24-,25?,26?,27?,28?/m1/s1. The van der Waals surface area contributed by atoms with Gasteiger partial charge in [-0.25, -0.2) is 0 Å². The van der Waals surface area contributed by atoms with Crippen molar-refractivity contribution < 1.29 is 19.1 Å². The van der Waals surface area contributed by atoms with Crippen LogP contribution >= 0.6 is 46.3 Å². The van der Waals surface area contributed by atoms with Crippen molar-refractivity contribution >= 4 is 75.4 Å². The van der Waals surface area contributed by atoms with Gasteiger partial charge in [-0.1, -0.05) is 52.7 Å². The fourth-order valence-electron chi connectivity index (χ4n) is 7.95. The third kappa shape index (κ3) is 4.72. The fourth-order valence-corrected chi connectivity index (χ4v) is 11.1. The highest BCUT2D eigenvalue weighted by molar-refractivity contribution is 8.00. The number of benzene rings is 3. The fraction of sp³-hybridized carbons (Fsp3) is 0.273. The van der Waals surface area contributed by atoms with Crippen molar-refractivity contribution in [1.29, 1.82) is 0 Å². The number of nitrogens with one attached hydrogen (secondary N) is 2. The second-order valence-electron chi connectivity index (χ2n) is 11.8. The number of fused-ring (bicyclic) bond motifs is 9. The van der Waals surface area contributed by atoms with Gasteiger partial charge in [0.1, 0.15) is 5.75 Å². The van der Waals surface area contributed by atoms with Gasteiger partial charge in [-0.3, -0.25) is 24.1 Å². The number of aromatic nitrogens is 1. The summed E-state index contributed by atoms with van der Waals surface area (Å²) in [5, 5.41) is 4.76. The number of H-pyrrole nitrogens is 1. The first-order valence-electron chi connectivity index (χ1n) is 14.6. The SMILES string of the molecule is O=C(COc1ccccc1[C@H]1c2sc(=O)[nH]c2SC2C3CC(C4C(=O)N(c5ccc(Cl)cc5)C(=O)C34)C21)Nc1ccc(Cl)cc1. The maximum Gasteiger partial charge on any atom is 0.305 e. The van der Waals surface area contributed by atoms with Crippen LogP contribution in [0.15, 0.2) is 82.6 Å². The summed E-state index contributed by atoms with van der Waals surface area (Å²) in [5.74, 6) is -1.25. The number of anilines is 2. The molecule has 1 aromatic heterocycles. The van der Waals surface area contributed by atoms with Gasteiger partial charge in [-0.15, -0.1) is 11.8 Å². The van der Waals surface area contributed by atoms with Gasteiger partial charge in [0.05, 0.1) is 22.5 Å². The van der Waals surface area contributed by atoms with Gasteiger partial charge >= 0.3 is 4.87 Å². The van der Waals surface area contributed by atoms with Crippen LogP contribution in [0.25, 0.3) is 0 Å². The van der Waals surface area contributed by atoms with Crippen molar-refractivity contribution in [3.8, 4) is 5.75 Å².